The maximum Gasteiger partial charge on any atom is 1.00 e. The van der Waals surface area contributed by atoms with Gasteiger partial charge in [-0.25, -0.2) is 0 Å². The van der Waals surface area contributed by atoms with Crippen LogP contribution in [0.4, 0.5) is 0 Å². The van der Waals surface area contributed by atoms with Crippen LogP contribution in [0.15, 0.2) is 0 Å². The third-order valence-corrected chi connectivity index (χ3v) is 1.44. The molecule has 0 saturated heterocycles. The maximum absolute atomic E-state index is 10.4. The first-order chi connectivity index (χ1) is 5.63. The van der Waals surface area contributed by atoms with E-state index >= 15 is 0 Å². The number of nitrogens with one attached hydrogen (secondary N) is 1. The molecule has 70 valence electrons. The fraction of sp³-hybridized carbons (Fsp3) is 0.750. The summed E-state index contributed by atoms with van der Waals surface area (Å²) >= 11 is 0. The Hall–Kier alpha value is -0.0600. The van der Waals surface area contributed by atoms with Crippen molar-refractivity contribution >= 4 is 11.9 Å². The van der Waals surface area contributed by atoms with E-state index in [1.165, 1.54) is 6.92 Å². The zero-order valence-electron chi connectivity index (χ0n) is 8.30. The van der Waals surface area contributed by atoms with Crippen LogP contribution in [0.25, 0.3) is 0 Å². The molecule has 0 aliphatic carbocycles. The van der Waals surface area contributed by atoms with Crippen molar-refractivity contribution < 1.29 is 44.3 Å². The van der Waals surface area contributed by atoms with Crippen LogP contribution in [0.2, 0.25) is 0 Å². The summed E-state index contributed by atoms with van der Waals surface area (Å²) in [6.45, 7) is 2.12. The number of carbonyl (C=O) groups is 2. The van der Waals surface area contributed by atoms with E-state index in [1.807, 2.05) is 0 Å². The molecule has 0 aromatic rings. The number of aliphatic carboxylic acids is 1. The number of carbonyl (C=O) groups excluding carboxylic acids is 1. The van der Waals surface area contributed by atoms with E-state index < -0.39 is 5.97 Å². The molecule has 0 aromatic carbocycles. The molecule has 0 atom stereocenters. The van der Waals surface area contributed by atoms with Crippen LogP contribution < -0.4 is 34.9 Å². The van der Waals surface area contributed by atoms with Gasteiger partial charge in [-0.3, -0.25) is 9.59 Å². The number of rotatable bonds is 6. The summed E-state index contributed by atoms with van der Waals surface area (Å²) in [6, 6.07) is 0. The third kappa shape index (κ3) is 14.8. The van der Waals surface area contributed by atoms with Crippen LogP contribution in [-0.4, -0.2) is 23.5 Å². The molecule has 0 heterocycles. The summed E-state index contributed by atoms with van der Waals surface area (Å²) < 4.78 is 0. The summed E-state index contributed by atoms with van der Waals surface area (Å²) in [6.07, 6.45) is 2.62. The molecule has 1 amide bonds. The van der Waals surface area contributed by atoms with Gasteiger partial charge in [-0.1, -0.05) is 6.42 Å². The van der Waals surface area contributed by atoms with Crippen molar-refractivity contribution in [1.82, 2.24) is 5.32 Å². The SMILES string of the molecule is CC(=O)NCCCCCC(=O)O.[Na+]. The van der Waals surface area contributed by atoms with Crippen LogP contribution in [0, 0.1) is 0 Å². The second kappa shape index (κ2) is 10.0. The molecule has 0 unspecified atom stereocenters. The third-order valence-electron chi connectivity index (χ3n) is 1.44. The first kappa shape index (κ1) is 15.4. The molecule has 0 aromatic heterocycles. The Morgan fingerprint density at radius 3 is 2.31 bits per heavy atom. The molecule has 13 heavy (non-hydrogen) atoms. The zero-order valence-corrected chi connectivity index (χ0v) is 10.3. The molecule has 2 N–H and O–H groups in total. The second-order valence-electron chi connectivity index (χ2n) is 2.69. The molecular formula is C8H15NNaO3+. The van der Waals surface area contributed by atoms with Gasteiger partial charge in [0.15, 0.2) is 0 Å². The minimum Gasteiger partial charge on any atom is -0.481 e. The van der Waals surface area contributed by atoms with Gasteiger partial charge in [0, 0.05) is 19.9 Å². The fourth-order valence-electron chi connectivity index (χ4n) is 0.842. The van der Waals surface area contributed by atoms with E-state index in [2.05, 4.69) is 5.32 Å². The average molecular weight is 196 g/mol. The zero-order chi connectivity index (χ0) is 9.40. The largest absolute Gasteiger partial charge is 1.00 e. The van der Waals surface area contributed by atoms with Gasteiger partial charge in [0.1, 0.15) is 0 Å². The minimum atomic E-state index is -0.755. The molecular weight excluding hydrogens is 181 g/mol. The molecule has 0 spiro atoms. The predicted octanol–water partition coefficient (Wildman–Crippen LogP) is -2.23. The smallest absolute Gasteiger partial charge is 0.481 e. The van der Waals surface area contributed by atoms with Crippen molar-refractivity contribution in [1.29, 1.82) is 0 Å². The van der Waals surface area contributed by atoms with E-state index in [0.717, 1.165) is 12.8 Å². The molecule has 0 aliphatic rings. The van der Waals surface area contributed by atoms with E-state index in [4.69, 9.17) is 5.11 Å². The summed E-state index contributed by atoms with van der Waals surface area (Å²) in [5.41, 5.74) is 0. The monoisotopic (exact) mass is 196 g/mol. The van der Waals surface area contributed by atoms with Gasteiger partial charge in [-0.05, 0) is 12.8 Å². The van der Waals surface area contributed by atoms with Crippen LogP contribution in [-0.2, 0) is 9.59 Å². The molecule has 0 saturated carbocycles. The van der Waals surface area contributed by atoms with Crippen molar-refractivity contribution in [2.75, 3.05) is 6.54 Å². The predicted molar refractivity (Wildman–Crippen MR) is 44.8 cm³/mol. The molecule has 0 rings (SSSR count). The first-order valence-corrected chi connectivity index (χ1v) is 4.09. The van der Waals surface area contributed by atoms with E-state index in [0.29, 0.717) is 13.0 Å². The Kier molecular flexibility index (Phi) is 11.9. The second-order valence-corrected chi connectivity index (χ2v) is 2.69. The van der Waals surface area contributed by atoms with Crippen LogP contribution >= 0.6 is 0 Å². The quantitative estimate of drug-likeness (QED) is 0.373. The number of hydrogen-bond donors (Lipinski definition) is 2. The summed E-state index contributed by atoms with van der Waals surface area (Å²) in [4.78, 5) is 20.4. The van der Waals surface area contributed by atoms with Crippen LogP contribution in [0.3, 0.4) is 0 Å². The molecule has 0 radical (unpaired) electrons. The van der Waals surface area contributed by atoms with Crippen LogP contribution in [0.5, 0.6) is 0 Å². The molecule has 0 aliphatic heterocycles. The van der Waals surface area contributed by atoms with Gasteiger partial charge in [-0.15, -0.1) is 0 Å². The van der Waals surface area contributed by atoms with E-state index in [-0.39, 0.29) is 41.9 Å². The molecule has 0 fully saturated rings. The number of unbranched alkanes of at least 4 members (excludes halogenated alkanes) is 2. The number of amides is 1. The molecule has 5 heteroatoms. The minimum absolute atomic E-state index is 0. The van der Waals surface area contributed by atoms with E-state index in [9.17, 15) is 9.59 Å². The Morgan fingerprint density at radius 1 is 1.23 bits per heavy atom. The first-order valence-electron chi connectivity index (χ1n) is 4.09. The van der Waals surface area contributed by atoms with Gasteiger partial charge in [-0.2, -0.15) is 0 Å². The van der Waals surface area contributed by atoms with Gasteiger partial charge in [0.05, 0.1) is 0 Å². The number of carboxylic acids is 1. The van der Waals surface area contributed by atoms with Gasteiger partial charge in [0.2, 0.25) is 5.91 Å². The number of hydrogen-bond acceptors (Lipinski definition) is 2. The molecule has 0 bridgehead atoms. The summed E-state index contributed by atoms with van der Waals surface area (Å²) in [5.74, 6) is -0.789. The average Bonchev–Trinajstić information content (AvgIpc) is 1.95. The normalized spacial score (nSPS) is 8.69. The van der Waals surface area contributed by atoms with Crippen molar-refractivity contribution in [2.24, 2.45) is 0 Å². The van der Waals surface area contributed by atoms with Gasteiger partial charge >= 0.3 is 35.5 Å². The van der Waals surface area contributed by atoms with Crippen LogP contribution in [0.1, 0.15) is 32.6 Å². The summed E-state index contributed by atoms with van der Waals surface area (Å²) in [5, 5.41) is 10.9. The Bertz CT molecular complexity index is 143. The Balaban J connectivity index is 0. The van der Waals surface area contributed by atoms with Crippen molar-refractivity contribution in [3.63, 3.8) is 0 Å². The van der Waals surface area contributed by atoms with Crippen molar-refractivity contribution in [3.8, 4) is 0 Å². The summed E-state index contributed by atoms with van der Waals surface area (Å²) in [7, 11) is 0. The fourth-order valence-corrected chi connectivity index (χ4v) is 0.842. The topological polar surface area (TPSA) is 66.4 Å². The Morgan fingerprint density at radius 2 is 1.85 bits per heavy atom. The maximum atomic E-state index is 10.4. The number of carboxylic acid groups (broad SMARTS) is 1. The Labute approximate surface area is 100 Å². The standard InChI is InChI=1S/C8H15NO3.Na/c1-7(10)9-6-4-2-3-5-8(11)12;/h2-6H2,1H3,(H,9,10)(H,11,12);/q;+1. The molecule has 4 nitrogen and oxygen atoms in total. The van der Waals surface area contributed by atoms with Gasteiger partial charge < -0.3 is 10.4 Å². The van der Waals surface area contributed by atoms with Gasteiger partial charge in [0.25, 0.3) is 0 Å². The van der Waals surface area contributed by atoms with Crippen molar-refractivity contribution in [3.05, 3.63) is 0 Å². The van der Waals surface area contributed by atoms with Crippen molar-refractivity contribution in [2.45, 2.75) is 32.6 Å². The van der Waals surface area contributed by atoms with E-state index in [1.54, 1.807) is 0 Å².